The lowest BCUT2D eigenvalue weighted by Gasteiger charge is -2.01. The van der Waals surface area contributed by atoms with Crippen LogP contribution in [0.25, 0.3) is 6.08 Å². The zero-order valence-corrected chi connectivity index (χ0v) is 8.31. The van der Waals surface area contributed by atoms with Crippen molar-refractivity contribution >= 4 is 23.6 Å². The summed E-state index contributed by atoms with van der Waals surface area (Å²) in [6.07, 6.45) is 2.42. The van der Waals surface area contributed by atoms with E-state index in [4.69, 9.17) is 17.3 Å². The van der Waals surface area contributed by atoms with Crippen molar-refractivity contribution in [1.82, 2.24) is 0 Å². The van der Waals surface area contributed by atoms with Gasteiger partial charge in [0.05, 0.1) is 0 Å². The Morgan fingerprint density at radius 1 is 1.57 bits per heavy atom. The monoisotopic (exact) mass is 213 g/mol. The first kappa shape index (κ1) is 10.7. The van der Waals surface area contributed by atoms with E-state index in [2.05, 4.69) is 0 Å². The van der Waals surface area contributed by atoms with Crippen molar-refractivity contribution < 1.29 is 9.18 Å². The average Bonchev–Trinajstić information content (AvgIpc) is 2.09. The summed E-state index contributed by atoms with van der Waals surface area (Å²) in [7, 11) is 0. The van der Waals surface area contributed by atoms with Crippen LogP contribution in [0.1, 0.15) is 11.1 Å². The van der Waals surface area contributed by atoms with Gasteiger partial charge in [0, 0.05) is 16.7 Å². The van der Waals surface area contributed by atoms with Crippen LogP contribution in [0.3, 0.4) is 0 Å². The van der Waals surface area contributed by atoms with E-state index in [-0.39, 0.29) is 0 Å². The molecule has 1 aromatic rings. The van der Waals surface area contributed by atoms with E-state index < -0.39 is 11.7 Å². The fourth-order valence-corrected chi connectivity index (χ4v) is 1.13. The lowest BCUT2D eigenvalue weighted by Crippen LogP contribution is -2.05. The molecule has 0 bridgehead atoms. The van der Waals surface area contributed by atoms with Crippen molar-refractivity contribution in [3.63, 3.8) is 0 Å². The topological polar surface area (TPSA) is 43.1 Å². The van der Waals surface area contributed by atoms with Crippen LogP contribution in [0.15, 0.2) is 18.2 Å². The maximum atomic E-state index is 13.2. The molecule has 2 nitrogen and oxygen atoms in total. The highest BCUT2D eigenvalue weighted by Gasteiger charge is 2.03. The van der Waals surface area contributed by atoms with Crippen LogP contribution in [0.5, 0.6) is 0 Å². The molecule has 14 heavy (non-hydrogen) atoms. The van der Waals surface area contributed by atoms with E-state index in [1.165, 1.54) is 12.1 Å². The number of amides is 1. The van der Waals surface area contributed by atoms with Crippen molar-refractivity contribution in [2.75, 3.05) is 0 Å². The molecule has 0 unspecified atom stereocenters. The minimum absolute atomic E-state index is 0.297. The lowest BCUT2D eigenvalue weighted by atomic mass is 10.1. The lowest BCUT2D eigenvalue weighted by molar-refractivity contribution is -0.113. The van der Waals surface area contributed by atoms with E-state index in [0.29, 0.717) is 10.6 Å². The van der Waals surface area contributed by atoms with Crippen LogP contribution in [-0.4, -0.2) is 5.91 Å². The number of rotatable bonds is 2. The fraction of sp³-hybridized carbons (Fsp3) is 0.100. The maximum absolute atomic E-state index is 13.2. The molecule has 1 amide bonds. The van der Waals surface area contributed by atoms with Crippen molar-refractivity contribution in [3.05, 3.63) is 40.2 Å². The molecule has 0 aliphatic rings. The molecular formula is C10H9ClFNO. The molecule has 74 valence electrons. The maximum Gasteiger partial charge on any atom is 0.241 e. The molecule has 0 aliphatic carbocycles. The van der Waals surface area contributed by atoms with Gasteiger partial charge in [-0.3, -0.25) is 4.79 Å². The Balaban J connectivity index is 3.10. The van der Waals surface area contributed by atoms with Gasteiger partial charge in [-0.05, 0) is 30.7 Å². The van der Waals surface area contributed by atoms with Gasteiger partial charge < -0.3 is 5.73 Å². The Labute approximate surface area is 86.2 Å². The number of aryl methyl sites for hydroxylation is 1. The molecule has 0 aliphatic heterocycles. The summed E-state index contributed by atoms with van der Waals surface area (Å²) in [6.45, 7) is 1.75. The molecule has 0 heterocycles. The largest absolute Gasteiger partial charge is 0.366 e. The molecule has 1 aromatic carbocycles. The highest BCUT2D eigenvalue weighted by Crippen LogP contribution is 2.20. The summed E-state index contributed by atoms with van der Waals surface area (Å²) in [5, 5.41) is 0.360. The van der Waals surface area contributed by atoms with E-state index in [1.807, 2.05) is 0 Å². The van der Waals surface area contributed by atoms with E-state index in [0.717, 1.165) is 11.6 Å². The predicted octanol–water partition coefficient (Wildman–Crippen LogP) is 2.29. The Hall–Kier alpha value is -1.35. The number of hydrogen-bond donors (Lipinski definition) is 1. The van der Waals surface area contributed by atoms with Gasteiger partial charge in [0.2, 0.25) is 5.91 Å². The molecule has 0 spiro atoms. The van der Waals surface area contributed by atoms with Crippen LogP contribution < -0.4 is 5.73 Å². The van der Waals surface area contributed by atoms with E-state index in [9.17, 15) is 9.18 Å². The first-order valence-electron chi connectivity index (χ1n) is 3.94. The molecular weight excluding hydrogens is 205 g/mol. The van der Waals surface area contributed by atoms with Crippen LogP contribution in [0, 0.1) is 12.7 Å². The number of carbonyl (C=O) groups excluding carboxylic acids is 1. The summed E-state index contributed by atoms with van der Waals surface area (Å²) in [4.78, 5) is 10.4. The van der Waals surface area contributed by atoms with Gasteiger partial charge in [-0.1, -0.05) is 11.6 Å². The molecule has 0 saturated carbocycles. The van der Waals surface area contributed by atoms with Crippen LogP contribution in [-0.2, 0) is 4.79 Å². The highest BCUT2D eigenvalue weighted by atomic mass is 35.5. The van der Waals surface area contributed by atoms with Gasteiger partial charge in [-0.25, -0.2) is 4.39 Å². The summed E-state index contributed by atoms with van der Waals surface area (Å²) < 4.78 is 13.2. The molecule has 0 radical (unpaired) electrons. The second-order valence-electron chi connectivity index (χ2n) is 2.86. The highest BCUT2D eigenvalue weighted by molar-refractivity contribution is 6.31. The molecule has 4 heteroatoms. The zero-order valence-electron chi connectivity index (χ0n) is 7.55. The second kappa shape index (κ2) is 4.24. The first-order chi connectivity index (χ1) is 6.50. The average molecular weight is 214 g/mol. The molecule has 0 aromatic heterocycles. The Morgan fingerprint density at radius 3 is 2.79 bits per heavy atom. The summed E-state index contributed by atoms with van der Waals surface area (Å²) in [6, 6.07) is 2.76. The molecule has 0 saturated heterocycles. The van der Waals surface area contributed by atoms with Gasteiger partial charge in [-0.15, -0.1) is 0 Å². The van der Waals surface area contributed by atoms with Gasteiger partial charge in [0.15, 0.2) is 0 Å². The van der Waals surface area contributed by atoms with Crippen LogP contribution >= 0.6 is 11.6 Å². The van der Waals surface area contributed by atoms with Gasteiger partial charge in [0.25, 0.3) is 0 Å². The van der Waals surface area contributed by atoms with Crippen LogP contribution in [0.2, 0.25) is 5.02 Å². The summed E-state index contributed by atoms with van der Waals surface area (Å²) in [5.41, 5.74) is 5.93. The molecule has 2 N–H and O–H groups in total. The molecule has 0 atom stereocenters. The van der Waals surface area contributed by atoms with Gasteiger partial charge in [0.1, 0.15) is 5.82 Å². The summed E-state index contributed by atoms with van der Waals surface area (Å²) in [5.74, 6) is -1.09. The number of benzene rings is 1. The fourth-order valence-electron chi connectivity index (χ4n) is 0.979. The number of nitrogens with two attached hydrogens (primary N) is 1. The summed E-state index contributed by atoms with van der Waals surface area (Å²) >= 11 is 5.69. The Kier molecular flexibility index (Phi) is 3.25. The van der Waals surface area contributed by atoms with Gasteiger partial charge >= 0.3 is 0 Å². The van der Waals surface area contributed by atoms with Crippen molar-refractivity contribution in [2.45, 2.75) is 6.92 Å². The van der Waals surface area contributed by atoms with E-state index in [1.54, 1.807) is 13.0 Å². The van der Waals surface area contributed by atoms with Crippen LogP contribution in [0.4, 0.5) is 4.39 Å². The third-order valence-electron chi connectivity index (χ3n) is 1.71. The van der Waals surface area contributed by atoms with E-state index >= 15 is 0 Å². The molecule has 1 rings (SSSR count). The van der Waals surface area contributed by atoms with Gasteiger partial charge in [-0.2, -0.15) is 0 Å². The standard InChI is InChI=1S/C10H9ClFNO/c1-6-4-7(2-3-10(13)14)9(12)5-8(6)11/h2-5H,1H3,(H2,13,14). The minimum Gasteiger partial charge on any atom is -0.366 e. The van der Waals surface area contributed by atoms with Crippen molar-refractivity contribution in [3.8, 4) is 0 Å². The quantitative estimate of drug-likeness (QED) is 0.753. The smallest absolute Gasteiger partial charge is 0.241 e. The number of hydrogen-bond acceptors (Lipinski definition) is 1. The Bertz CT molecular complexity index is 401. The first-order valence-corrected chi connectivity index (χ1v) is 4.31. The Morgan fingerprint density at radius 2 is 2.21 bits per heavy atom. The third kappa shape index (κ3) is 2.57. The molecule has 0 fully saturated rings. The number of halogens is 2. The van der Waals surface area contributed by atoms with Crippen molar-refractivity contribution in [2.24, 2.45) is 5.73 Å². The van der Waals surface area contributed by atoms with Crippen molar-refractivity contribution in [1.29, 1.82) is 0 Å². The number of carbonyl (C=O) groups is 1. The SMILES string of the molecule is Cc1cc(C=CC(N)=O)c(F)cc1Cl. The second-order valence-corrected chi connectivity index (χ2v) is 3.27. The number of primary amides is 1. The predicted molar refractivity (Wildman–Crippen MR) is 54.4 cm³/mol. The minimum atomic E-state index is -0.614. The third-order valence-corrected chi connectivity index (χ3v) is 2.11. The zero-order chi connectivity index (χ0) is 10.7. The normalized spacial score (nSPS) is 10.8.